The first-order valence-electron chi connectivity index (χ1n) is 10.8. The van der Waals surface area contributed by atoms with Crippen molar-refractivity contribution in [2.75, 3.05) is 26.6 Å². The predicted molar refractivity (Wildman–Crippen MR) is 128 cm³/mol. The number of carbonyl (C=O) groups is 2. The van der Waals surface area contributed by atoms with Crippen molar-refractivity contribution in [2.45, 2.75) is 33.8 Å². The number of benzene rings is 2. The summed E-state index contributed by atoms with van der Waals surface area (Å²) >= 11 is 0. The van der Waals surface area contributed by atoms with E-state index in [4.69, 9.17) is 23.4 Å². The van der Waals surface area contributed by atoms with Gasteiger partial charge in [-0.3, -0.25) is 4.79 Å². The number of methoxy groups -OCH3 is 3. The minimum Gasteiger partial charge on any atom is -0.497 e. The maximum absolute atomic E-state index is 13.1. The second-order valence-corrected chi connectivity index (χ2v) is 8.68. The molecule has 1 aromatic heterocycles. The van der Waals surface area contributed by atoms with Gasteiger partial charge in [-0.2, -0.15) is 0 Å². The van der Waals surface area contributed by atoms with Gasteiger partial charge >= 0.3 is 5.97 Å². The molecule has 35 heavy (non-hydrogen) atoms. The van der Waals surface area contributed by atoms with Crippen molar-refractivity contribution in [3.63, 3.8) is 0 Å². The zero-order chi connectivity index (χ0) is 25.8. The van der Waals surface area contributed by atoms with Gasteiger partial charge in [-0.25, -0.2) is 4.79 Å². The molecule has 0 radical (unpaired) electrons. The largest absolute Gasteiger partial charge is 0.497 e. The van der Waals surface area contributed by atoms with Gasteiger partial charge < -0.3 is 28.7 Å². The molecule has 1 atom stereocenters. The zero-order valence-electron chi connectivity index (χ0n) is 20.8. The number of rotatable bonds is 8. The molecule has 0 saturated heterocycles. The van der Waals surface area contributed by atoms with Crippen LogP contribution in [0.15, 0.2) is 40.8 Å². The van der Waals surface area contributed by atoms with E-state index in [1.807, 2.05) is 0 Å². The van der Waals surface area contributed by atoms with E-state index in [1.54, 1.807) is 59.1 Å². The standard InChI is InChI=1S/C25H29N3O7/c1-14(21-27-28-22(35-21)15-8-10-16(31-5)11-9-15)34-23(29)17-12-19(32-6)20(33-7)13-18(17)26-24(30)25(2,3)4/h8-14H,1-7H3,(H,26,30). The number of amides is 1. The molecule has 3 rings (SSSR count). The van der Waals surface area contributed by atoms with Gasteiger partial charge in [0.2, 0.25) is 11.8 Å². The Kier molecular flexibility index (Phi) is 7.63. The maximum atomic E-state index is 13.1. The van der Waals surface area contributed by atoms with Gasteiger partial charge in [-0.1, -0.05) is 20.8 Å². The van der Waals surface area contributed by atoms with E-state index in [0.29, 0.717) is 22.8 Å². The van der Waals surface area contributed by atoms with Gasteiger partial charge in [0, 0.05) is 23.1 Å². The lowest BCUT2D eigenvalue weighted by Crippen LogP contribution is -2.28. The molecule has 1 amide bonds. The number of nitrogens with zero attached hydrogens (tertiary/aromatic N) is 2. The Morgan fingerprint density at radius 1 is 0.943 bits per heavy atom. The normalized spacial score (nSPS) is 12.0. The maximum Gasteiger partial charge on any atom is 0.341 e. The number of anilines is 1. The summed E-state index contributed by atoms with van der Waals surface area (Å²) in [5, 5.41) is 10.8. The number of nitrogens with one attached hydrogen (secondary N) is 1. The van der Waals surface area contributed by atoms with Gasteiger partial charge in [0.05, 0.1) is 32.6 Å². The summed E-state index contributed by atoms with van der Waals surface area (Å²) in [4.78, 5) is 25.7. The number of hydrogen-bond acceptors (Lipinski definition) is 9. The summed E-state index contributed by atoms with van der Waals surface area (Å²) in [6, 6.07) is 10.1. The summed E-state index contributed by atoms with van der Waals surface area (Å²) < 4.78 is 27.1. The van der Waals surface area contributed by atoms with Gasteiger partial charge in [-0.15, -0.1) is 10.2 Å². The van der Waals surface area contributed by atoms with E-state index in [-0.39, 0.29) is 28.9 Å². The molecule has 0 bridgehead atoms. The second kappa shape index (κ2) is 10.5. The van der Waals surface area contributed by atoms with E-state index in [9.17, 15) is 9.59 Å². The van der Waals surface area contributed by atoms with Crippen LogP contribution in [0.2, 0.25) is 0 Å². The average molecular weight is 484 g/mol. The molecular weight excluding hydrogens is 454 g/mol. The monoisotopic (exact) mass is 483 g/mol. The van der Waals surface area contributed by atoms with Crippen LogP contribution in [0.1, 0.15) is 50.0 Å². The lowest BCUT2D eigenvalue weighted by Gasteiger charge is -2.21. The van der Waals surface area contributed by atoms with Crippen LogP contribution in [0.5, 0.6) is 17.2 Å². The van der Waals surface area contributed by atoms with Crippen molar-refractivity contribution in [1.29, 1.82) is 0 Å². The number of hydrogen-bond donors (Lipinski definition) is 1. The van der Waals surface area contributed by atoms with E-state index in [2.05, 4.69) is 15.5 Å². The molecule has 3 aromatic rings. The number of ether oxygens (including phenoxy) is 4. The summed E-state index contributed by atoms with van der Waals surface area (Å²) in [7, 11) is 4.49. The highest BCUT2D eigenvalue weighted by molar-refractivity contribution is 6.03. The SMILES string of the molecule is COc1ccc(-c2nnc(C(C)OC(=O)c3cc(OC)c(OC)cc3NC(=O)C(C)(C)C)o2)cc1. The van der Waals surface area contributed by atoms with Gasteiger partial charge in [-0.05, 0) is 31.2 Å². The van der Waals surface area contributed by atoms with Crippen molar-refractivity contribution in [3.05, 3.63) is 47.9 Å². The minimum atomic E-state index is -0.860. The predicted octanol–water partition coefficient (Wildman–Crippen LogP) is 4.67. The molecule has 186 valence electrons. The van der Waals surface area contributed by atoms with E-state index >= 15 is 0 Å². The molecule has 10 heteroatoms. The fourth-order valence-corrected chi connectivity index (χ4v) is 2.98. The molecule has 2 aromatic carbocycles. The summed E-state index contributed by atoms with van der Waals surface area (Å²) in [6.07, 6.45) is -0.860. The van der Waals surface area contributed by atoms with Crippen molar-refractivity contribution in [3.8, 4) is 28.7 Å². The van der Waals surface area contributed by atoms with Crippen LogP contribution in [0.25, 0.3) is 11.5 Å². The second-order valence-electron chi connectivity index (χ2n) is 8.68. The first-order valence-corrected chi connectivity index (χ1v) is 10.8. The Balaban J connectivity index is 1.85. The quantitative estimate of drug-likeness (QED) is 0.456. The molecule has 0 aliphatic rings. The fraction of sp³-hybridized carbons (Fsp3) is 0.360. The van der Waals surface area contributed by atoms with Crippen LogP contribution in [0.3, 0.4) is 0 Å². The van der Waals surface area contributed by atoms with Crippen LogP contribution < -0.4 is 19.5 Å². The van der Waals surface area contributed by atoms with Crippen LogP contribution in [-0.4, -0.2) is 43.4 Å². The Bertz CT molecular complexity index is 1200. The lowest BCUT2D eigenvalue weighted by molar-refractivity contribution is -0.123. The van der Waals surface area contributed by atoms with Crippen LogP contribution in [0.4, 0.5) is 5.69 Å². The van der Waals surface area contributed by atoms with Crippen molar-refractivity contribution >= 4 is 17.6 Å². The van der Waals surface area contributed by atoms with Gasteiger partial charge in [0.1, 0.15) is 5.75 Å². The van der Waals surface area contributed by atoms with Crippen molar-refractivity contribution < 1.29 is 33.0 Å². The van der Waals surface area contributed by atoms with Crippen LogP contribution in [0, 0.1) is 5.41 Å². The lowest BCUT2D eigenvalue weighted by atomic mass is 9.95. The highest BCUT2D eigenvalue weighted by Crippen LogP contribution is 2.35. The van der Waals surface area contributed by atoms with Crippen molar-refractivity contribution in [1.82, 2.24) is 10.2 Å². The van der Waals surface area contributed by atoms with Gasteiger partial charge in [0.15, 0.2) is 17.6 Å². The summed E-state index contributed by atoms with van der Waals surface area (Å²) in [5.41, 5.74) is 0.310. The number of aromatic nitrogens is 2. The Morgan fingerprint density at radius 3 is 2.14 bits per heavy atom. The third kappa shape index (κ3) is 5.89. The van der Waals surface area contributed by atoms with Crippen LogP contribution >= 0.6 is 0 Å². The third-order valence-electron chi connectivity index (χ3n) is 5.08. The van der Waals surface area contributed by atoms with E-state index in [0.717, 1.165) is 0 Å². The third-order valence-corrected chi connectivity index (χ3v) is 5.08. The number of carbonyl (C=O) groups excluding carboxylic acids is 2. The molecule has 0 spiro atoms. The Hall–Kier alpha value is -4.08. The smallest absolute Gasteiger partial charge is 0.341 e. The molecule has 1 unspecified atom stereocenters. The summed E-state index contributed by atoms with van der Waals surface area (Å²) in [5.74, 6) is 0.738. The molecule has 0 aliphatic carbocycles. The minimum absolute atomic E-state index is 0.0852. The molecule has 0 fully saturated rings. The fourth-order valence-electron chi connectivity index (χ4n) is 2.98. The first-order chi connectivity index (χ1) is 16.6. The van der Waals surface area contributed by atoms with E-state index < -0.39 is 17.5 Å². The molecular formula is C25H29N3O7. The molecule has 1 heterocycles. The topological polar surface area (TPSA) is 122 Å². The van der Waals surface area contributed by atoms with Crippen LogP contribution in [-0.2, 0) is 9.53 Å². The number of esters is 1. The first kappa shape index (κ1) is 25.5. The highest BCUT2D eigenvalue weighted by atomic mass is 16.6. The summed E-state index contributed by atoms with van der Waals surface area (Å²) in [6.45, 7) is 6.90. The molecule has 0 aliphatic heterocycles. The highest BCUT2D eigenvalue weighted by Gasteiger charge is 2.27. The molecule has 1 N–H and O–H groups in total. The van der Waals surface area contributed by atoms with Crippen molar-refractivity contribution in [2.24, 2.45) is 5.41 Å². The Labute approximate surface area is 203 Å². The zero-order valence-corrected chi connectivity index (χ0v) is 20.8. The average Bonchev–Trinajstić information content (AvgIpc) is 3.33. The van der Waals surface area contributed by atoms with E-state index in [1.165, 1.54) is 26.4 Å². The molecule has 0 saturated carbocycles. The Morgan fingerprint density at radius 2 is 1.57 bits per heavy atom. The molecule has 10 nitrogen and oxygen atoms in total. The van der Waals surface area contributed by atoms with Gasteiger partial charge in [0.25, 0.3) is 5.89 Å².